The fourth-order valence-electron chi connectivity index (χ4n) is 7.20. The van der Waals surface area contributed by atoms with E-state index in [1.807, 2.05) is 20.4 Å². The fourth-order valence-corrected chi connectivity index (χ4v) is 7.20. The second kappa shape index (κ2) is 25.1. The highest BCUT2D eigenvalue weighted by Gasteiger charge is 2.23. The molecule has 0 bridgehead atoms. The molecule has 0 aromatic carbocycles. The molecule has 4 heterocycles. The number of imide groups is 2. The molecule has 22 heteroatoms. The van der Waals surface area contributed by atoms with Crippen molar-refractivity contribution in [2.75, 3.05) is 78.7 Å². The number of aromatic nitrogens is 4. The molecule has 2 saturated heterocycles. The molecule has 2 aliphatic heterocycles. The monoisotopic (exact) mass is 872 g/mol. The van der Waals surface area contributed by atoms with Crippen LogP contribution in [0.25, 0.3) is 0 Å². The lowest BCUT2D eigenvalue weighted by atomic mass is 10.1. The average molecular weight is 873 g/mol. The summed E-state index contributed by atoms with van der Waals surface area (Å²) < 4.78 is 11.7. The molecule has 0 radical (unpaired) electrons. The molecule has 0 atom stereocenters. The number of nitrogens with one attached hydrogen (secondary N) is 4. The lowest BCUT2D eigenvalue weighted by molar-refractivity contribution is -0.133. The first kappa shape index (κ1) is 48.8. The van der Waals surface area contributed by atoms with Crippen LogP contribution in [-0.2, 0) is 32.2 Å². The van der Waals surface area contributed by atoms with Crippen molar-refractivity contribution in [3.63, 3.8) is 0 Å². The molecule has 2 aromatic heterocycles. The van der Waals surface area contributed by atoms with Crippen molar-refractivity contribution >= 4 is 35.8 Å². The summed E-state index contributed by atoms with van der Waals surface area (Å²) in [7, 11) is 0. The van der Waals surface area contributed by atoms with Gasteiger partial charge in [-0.15, -0.1) is 0 Å². The number of carbonyl (C=O) groups excluding carboxylic acids is 6. The average Bonchev–Trinajstić information content (AvgIpc) is 3.24. The number of aromatic amines is 2. The summed E-state index contributed by atoms with van der Waals surface area (Å²) >= 11 is 0. The zero-order valence-electron chi connectivity index (χ0n) is 35.7. The van der Waals surface area contributed by atoms with Gasteiger partial charge in [0.15, 0.2) is 0 Å². The molecule has 4 N–H and O–H groups in total. The molecule has 4 rings (SSSR count). The Kier molecular flexibility index (Phi) is 19.8. The van der Waals surface area contributed by atoms with Gasteiger partial charge in [-0.05, 0) is 26.7 Å². The summed E-state index contributed by atoms with van der Waals surface area (Å²) in [6, 6.07) is 0. The summed E-state index contributed by atoms with van der Waals surface area (Å²) in [5.41, 5.74) is -3.92. The Bertz CT molecular complexity index is 1950. The first-order valence-corrected chi connectivity index (χ1v) is 21.4. The lowest BCUT2D eigenvalue weighted by Crippen LogP contribution is -2.49. The van der Waals surface area contributed by atoms with Crippen LogP contribution in [0.5, 0.6) is 0 Å². The zero-order valence-corrected chi connectivity index (χ0v) is 35.7. The maximum Gasteiger partial charge on any atom is 0.414 e. The number of ether oxygens (including phenoxy) is 2. The van der Waals surface area contributed by atoms with E-state index in [1.54, 1.807) is 13.8 Å². The van der Waals surface area contributed by atoms with E-state index in [1.165, 1.54) is 9.13 Å². The number of unbranched alkanes of at least 4 members (excludes halogenated alkanes) is 7. The van der Waals surface area contributed by atoms with Crippen LogP contribution >= 0.6 is 0 Å². The van der Waals surface area contributed by atoms with E-state index in [0.29, 0.717) is 78.3 Å². The Morgan fingerprint density at radius 1 is 0.516 bits per heavy atom. The van der Waals surface area contributed by atoms with Crippen LogP contribution < -0.4 is 33.1 Å². The fraction of sp³-hybridized carbons (Fsp3) is 0.650. The van der Waals surface area contributed by atoms with Gasteiger partial charge in [0.2, 0.25) is 11.8 Å². The number of piperazine rings is 2. The number of rotatable bonds is 21. The molecule has 62 heavy (non-hydrogen) atoms. The van der Waals surface area contributed by atoms with Gasteiger partial charge < -0.3 is 19.3 Å². The highest BCUT2D eigenvalue weighted by molar-refractivity contribution is 6.03. The van der Waals surface area contributed by atoms with Crippen LogP contribution in [0.4, 0.5) is 9.59 Å². The quantitative estimate of drug-likeness (QED) is 0.121. The normalized spacial score (nSPS) is 14.6. The lowest BCUT2D eigenvalue weighted by Gasteiger charge is -2.34. The topological polar surface area (TPSA) is 268 Å². The summed E-state index contributed by atoms with van der Waals surface area (Å²) in [6.45, 7) is 9.35. The molecule has 22 nitrogen and oxygen atoms in total. The molecular formula is C40H60N10O12. The first-order chi connectivity index (χ1) is 29.8. The van der Waals surface area contributed by atoms with Crippen molar-refractivity contribution in [2.45, 2.75) is 91.1 Å². The van der Waals surface area contributed by atoms with Gasteiger partial charge in [-0.3, -0.25) is 68.3 Å². The number of hydrogen-bond donors (Lipinski definition) is 4. The van der Waals surface area contributed by atoms with Crippen LogP contribution in [0.1, 0.15) is 98.8 Å². The van der Waals surface area contributed by atoms with Crippen LogP contribution in [0.3, 0.4) is 0 Å². The van der Waals surface area contributed by atoms with Crippen LogP contribution in [-0.4, -0.2) is 153 Å². The summed E-state index contributed by atoms with van der Waals surface area (Å²) in [5.74, 6) is -1.68. The maximum atomic E-state index is 12.8. The number of alkyl carbamates (subject to hydrolysis) is 2. The van der Waals surface area contributed by atoms with E-state index in [4.69, 9.17) is 0 Å². The van der Waals surface area contributed by atoms with Gasteiger partial charge in [0.1, 0.15) is 11.1 Å². The second-order valence-electron chi connectivity index (χ2n) is 15.1. The molecule has 0 aliphatic carbocycles. The number of carbonyl (C=O) groups is 6. The number of H-pyrrole nitrogens is 2. The van der Waals surface area contributed by atoms with Crippen molar-refractivity contribution in [3.05, 3.63) is 65.2 Å². The molecule has 0 unspecified atom stereocenters. The Morgan fingerprint density at radius 3 is 1.19 bits per heavy atom. The SMILES string of the molecule is CCOC(=O)NC(=O)c1cn(CCN2CCN(C(=O)CCCCCCCCCCC(=O)N3CCN(CCn4cc(C(=O)NC(=O)OCC)c(=O)[nH]c4=O)CC3)CC2)c(=O)[nH]c1=O. The summed E-state index contributed by atoms with van der Waals surface area (Å²) in [6.07, 6.45) is 9.10. The van der Waals surface area contributed by atoms with Crippen molar-refractivity contribution in [1.29, 1.82) is 0 Å². The maximum absolute atomic E-state index is 12.8. The number of amides is 6. The highest BCUT2D eigenvalue weighted by Crippen LogP contribution is 2.14. The van der Waals surface area contributed by atoms with Gasteiger partial charge in [0.25, 0.3) is 22.9 Å². The number of nitrogens with zero attached hydrogens (tertiary/aromatic N) is 6. The smallest absolute Gasteiger partial charge is 0.414 e. The van der Waals surface area contributed by atoms with Gasteiger partial charge in [-0.25, -0.2) is 19.2 Å². The van der Waals surface area contributed by atoms with Crippen LogP contribution in [0.15, 0.2) is 31.6 Å². The third-order valence-corrected chi connectivity index (χ3v) is 10.8. The van der Waals surface area contributed by atoms with Gasteiger partial charge in [-0.1, -0.05) is 38.5 Å². The molecule has 2 aliphatic rings. The molecule has 0 spiro atoms. The summed E-state index contributed by atoms with van der Waals surface area (Å²) in [5, 5.41) is 3.90. The minimum Gasteiger partial charge on any atom is -0.450 e. The summed E-state index contributed by atoms with van der Waals surface area (Å²) in [4.78, 5) is 135. The van der Waals surface area contributed by atoms with Gasteiger partial charge in [0, 0.05) is 104 Å². The van der Waals surface area contributed by atoms with Crippen molar-refractivity contribution in [3.8, 4) is 0 Å². The molecule has 0 saturated carbocycles. The first-order valence-electron chi connectivity index (χ1n) is 21.4. The van der Waals surface area contributed by atoms with Crippen LogP contribution in [0.2, 0.25) is 0 Å². The molecular weight excluding hydrogens is 812 g/mol. The van der Waals surface area contributed by atoms with Gasteiger partial charge >= 0.3 is 23.6 Å². The van der Waals surface area contributed by atoms with Crippen molar-refractivity contribution in [1.82, 2.24) is 49.3 Å². The van der Waals surface area contributed by atoms with E-state index >= 15 is 0 Å². The van der Waals surface area contributed by atoms with E-state index in [9.17, 15) is 47.9 Å². The Labute approximate surface area is 357 Å². The molecule has 2 aromatic rings. The van der Waals surface area contributed by atoms with Crippen LogP contribution in [0, 0.1) is 0 Å². The second-order valence-corrected chi connectivity index (χ2v) is 15.1. The minimum atomic E-state index is -0.992. The largest absolute Gasteiger partial charge is 0.450 e. The van der Waals surface area contributed by atoms with E-state index < -0.39 is 46.5 Å². The van der Waals surface area contributed by atoms with E-state index in [-0.39, 0.29) is 49.2 Å². The Balaban J connectivity index is 1.00. The molecule has 6 amide bonds. The third kappa shape index (κ3) is 15.5. The highest BCUT2D eigenvalue weighted by atomic mass is 16.6. The Hall–Kier alpha value is -5.90. The van der Waals surface area contributed by atoms with E-state index in [2.05, 4.69) is 29.2 Å². The van der Waals surface area contributed by atoms with Crippen molar-refractivity contribution < 1.29 is 38.2 Å². The van der Waals surface area contributed by atoms with Gasteiger partial charge in [0.05, 0.1) is 13.2 Å². The minimum absolute atomic E-state index is 0.0473. The number of hydrogen-bond acceptors (Lipinski definition) is 14. The zero-order chi connectivity index (χ0) is 45.0. The standard InChI is InChI=1S/C40H60N10O12/c1-3-61-39(59)43-35(55)29-27-49(37(57)41-33(29)53)25-19-45-15-21-47(22-16-45)31(51)13-11-9-7-5-6-8-10-12-14-32(52)48-23-17-46(18-24-48)20-26-50-28-30(34(54)42-38(50)58)36(56)44-40(60)62-4-2/h27-28H,3-26H2,1-2H3,(H,41,53,57)(H,42,54,58)(H,43,55,59)(H,44,56,60). The van der Waals surface area contributed by atoms with E-state index in [0.717, 1.165) is 63.8 Å². The Morgan fingerprint density at radius 2 is 0.855 bits per heavy atom. The van der Waals surface area contributed by atoms with Gasteiger partial charge in [-0.2, -0.15) is 0 Å². The predicted octanol–water partition coefficient (Wildman–Crippen LogP) is 0.0488. The van der Waals surface area contributed by atoms with Crippen molar-refractivity contribution in [2.24, 2.45) is 0 Å². The predicted molar refractivity (Wildman–Crippen MR) is 224 cm³/mol. The third-order valence-electron chi connectivity index (χ3n) is 10.8. The molecule has 2 fully saturated rings. The molecule has 342 valence electrons.